The first-order chi connectivity index (χ1) is 11.4. The van der Waals surface area contributed by atoms with Crippen LogP contribution in [0.15, 0.2) is 48.5 Å². The third kappa shape index (κ3) is 7.15. The Morgan fingerprint density at radius 3 is 2.48 bits per heavy atom. The molecule has 0 bridgehead atoms. The van der Waals surface area contributed by atoms with Gasteiger partial charge in [-0.2, -0.15) is 0 Å². The van der Waals surface area contributed by atoms with Crippen molar-refractivity contribution in [2.45, 2.75) is 19.8 Å². The second-order valence-electron chi connectivity index (χ2n) is 5.80. The van der Waals surface area contributed by atoms with Crippen molar-refractivity contribution in [3.63, 3.8) is 0 Å². The highest BCUT2D eigenvalue weighted by atomic mass is 35.5. The van der Waals surface area contributed by atoms with Crippen LogP contribution in [0.25, 0.3) is 0 Å². The Balaban J connectivity index is 0.00000312. The Morgan fingerprint density at radius 2 is 1.80 bits per heavy atom. The predicted octanol–water partition coefficient (Wildman–Crippen LogP) is 2.99. The van der Waals surface area contributed by atoms with E-state index in [9.17, 15) is 13.2 Å². The molecule has 0 fully saturated rings. The van der Waals surface area contributed by atoms with Crippen molar-refractivity contribution in [2.75, 3.05) is 22.6 Å². The zero-order chi connectivity index (χ0) is 17.6. The number of amides is 1. The van der Waals surface area contributed by atoms with Gasteiger partial charge >= 0.3 is 0 Å². The summed E-state index contributed by atoms with van der Waals surface area (Å²) in [6, 6.07) is 14.8. The molecule has 0 aliphatic heterocycles. The van der Waals surface area contributed by atoms with Crippen molar-refractivity contribution in [3.8, 4) is 0 Å². The van der Waals surface area contributed by atoms with Gasteiger partial charge in [0, 0.05) is 11.4 Å². The summed E-state index contributed by atoms with van der Waals surface area (Å²) >= 11 is 0. The van der Waals surface area contributed by atoms with Crippen LogP contribution < -0.4 is 11.1 Å². The molecule has 0 spiro atoms. The molecule has 0 aromatic heterocycles. The maximum absolute atomic E-state index is 12.1. The second kappa shape index (κ2) is 9.44. The number of rotatable bonds is 7. The van der Waals surface area contributed by atoms with Crippen molar-refractivity contribution in [1.82, 2.24) is 0 Å². The van der Waals surface area contributed by atoms with E-state index in [0.717, 1.165) is 11.1 Å². The van der Waals surface area contributed by atoms with E-state index in [2.05, 4.69) is 5.32 Å². The normalized spacial score (nSPS) is 10.8. The highest BCUT2D eigenvalue weighted by Crippen LogP contribution is 2.18. The van der Waals surface area contributed by atoms with Crippen LogP contribution in [0.5, 0.6) is 0 Å². The van der Waals surface area contributed by atoms with Crippen LogP contribution in [-0.2, 0) is 21.1 Å². The summed E-state index contributed by atoms with van der Waals surface area (Å²) in [5, 5.41) is 2.62. The molecule has 136 valence electrons. The Bertz CT molecular complexity index is 808. The largest absolute Gasteiger partial charge is 0.399 e. The monoisotopic (exact) mass is 382 g/mol. The summed E-state index contributed by atoms with van der Waals surface area (Å²) in [5.74, 6) is -1.07. The number of nitrogen functional groups attached to an aromatic ring is 1. The molecule has 25 heavy (non-hydrogen) atoms. The molecule has 1 amide bonds. The van der Waals surface area contributed by atoms with E-state index in [1.807, 2.05) is 37.3 Å². The lowest BCUT2D eigenvalue weighted by atomic mass is 10.1. The van der Waals surface area contributed by atoms with Gasteiger partial charge in [0.25, 0.3) is 0 Å². The summed E-state index contributed by atoms with van der Waals surface area (Å²) in [4.78, 5) is 12.0. The van der Waals surface area contributed by atoms with Crippen LogP contribution in [0.3, 0.4) is 0 Å². The van der Waals surface area contributed by atoms with Gasteiger partial charge in [-0.1, -0.05) is 36.4 Å². The van der Waals surface area contributed by atoms with E-state index in [0.29, 0.717) is 24.2 Å². The molecule has 0 saturated carbocycles. The maximum atomic E-state index is 12.1. The molecule has 0 radical (unpaired) electrons. The standard InChI is InChI=1S/C18H22N2O3S.ClH/c1-14-9-10-16(19)12-17(14)20-18(21)13-24(22,23)11-5-8-15-6-3-2-4-7-15;/h2-4,6-7,9-10,12H,5,8,11,13,19H2,1H3,(H,20,21);1H. The molecule has 2 aromatic carbocycles. The number of benzene rings is 2. The van der Waals surface area contributed by atoms with Crippen molar-refractivity contribution in [1.29, 1.82) is 0 Å². The number of aryl methyl sites for hydroxylation is 2. The van der Waals surface area contributed by atoms with E-state index in [4.69, 9.17) is 5.73 Å². The SMILES string of the molecule is Cc1ccc(N)cc1NC(=O)CS(=O)(=O)CCCc1ccccc1.Cl. The number of nitrogens with one attached hydrogen (secondary N) is 1. The first-order valence-corrected chi connectivity index (χ1v) is 9.58. The fourth-order valence-electron chi connectivity index (χ4n) is 2.37. The molecule has 2 rings (SSSR count). The number of hydrogen-bond acceptors (Lipinski definition) is 4. The second-order valence-corrected chi connectivity index (χ2v) is 7.99. The molecule has 3 N–H and O–H groups in total. The van der Waals surface area contributed by atoms with Gasteiger partial charge in [-0.05, 0) is 43.0 Å². The van der Waals surface area contributed by atoms with E-state index >= 15 is 0 Å². The minimum absolute atomic E-state index is 0. The molecule has 0 saturated heterocycles. The third-order valence-corrected chi connectivity index (χ3v) is 5.26. The predicted molar refractivity (Wildman–Crippen MR) is 105 cm³/mol. The summed E-state index contributed by atoms with van der Waals surface area (Å²) in [6.07, 6.45) is 1.17. The topological polar surface area (TPSA) is 89.3 Å². The van der Waals surface area contributed by atoms with Crippen LogP contribution in [-0.4, -0.2) is 25.8 Å². The lowest BCUT2D eigenvalue weighted by Gasteiger charge is -2.10. The molecule has 0 heterocycles. The smallest absolute Gasteiger partial charge is 0.239 e. The minimum Gasteiger partial charge on any atom is -0.399 e. The Kier molecular flexibility index (Phi) is 7.93. The van der Waals surface area contributed by atoms with Gasteiger partial charge in [0.15, 0.2) is 9.84 Å². The molecule has 7 heteroatoms. The molecule has 0 unspecified atom stereocenters. The van der Waals surface area contributed by atoms with Crippen molar-refractivity contribution >= 4 is 39.5 Å². The number of sulfone groups is 1. The van der Waals surface area contributed by atoms with E-state index in [1.165, 1.54) is 0 Å². The van der Waals surface area contributed by atoms with E-state index in [1.54, 1.807) is 18.2 Å². The summed E-state index contributed by atoms with van der Waals surface area (Å²) in [5.41, 5.74) is 8.66. The number of anilines is 2. The summed E-state index contributed by atoms with van der Waals surface area (Å²) < 4.78 is 24.2. The van der Waals surface area contributed by atoms with Gasteiger partial charge in [-0.3, -0.25) is 4.79 Å². The van der Waals surface area contributed by atoms with Crippen LogP contribution in [0.4, 0.5) is 11.4 Å². The van der Waals surface area contributed by atoms with Crippen LogP contribution in [0, 0.1) is 6.92 Å². The van der Waals surface area contributed by atoms with Gasteiger partial charge in [-0.25, -0.2) is 8.42 Å². The van der Waals surface area contributed by atoms with Crippen molar-refractivity contribution in [2.24, 2.45) is 0 Å². The lowest BCUT2D eigenvalue weighted by Crippen LogP contribution is -2.25. The maximum Gasteiger partial charge on any atom is 0.239 e. The summed E-state index contributed by atoms with van der Waals surface area (Å²) in [6.45, 7) is 1.82. The minimum atomic E-state index is -3.44. The fraction of sp³-hybridized carbons (Fsp3) is 0.278. The first kappa shape index (κ1) is 21.0. The molecule has 0 aliphatic rings. The number of halogens is 1. The molecular formula is C18H23ClN2O3S. The van der Waals surface area contributed by atoms with Gasteiger partial charge < -0.3 is 11.1 Å². The van der Waals surface area contributed by atoms with Gasteiger partial charge in [0.05, 0.1) is 5.75 Å². The van der Waals surface area contributed by atoms with Gasteiger partial charge in [0.2, 0.25) is 5.91 Å². The Labute approximate surface area is 155 Å². The third-order valence-electron chi connectivity index (χ3n) is 3.65. The fourth-order valence-corrected chi connectivity index (χ4v) is 3.57. The van der Waals surface area contributed by atoms with Gasteiger partial charge in [-0.15, -0.1) is 12.4 Å². The molecule has 5 nitrogen and oxygen atoms in total. The molecule has 2 aromatic rings. The molecular weight excluding hydrogens is 360 g/mol. The van der Waals surface area contributed by atoms with E-state index < -0.39 is 21.5 Å². The highest BCUT2D eigenvalue weighted by molar-refractivity contribution is 7.92. The Hall–Kier alpha value is -2.05. The molecule has 0 atom stereocenters. The lowest BCUT2D eigenvalue weighted by molar-refractivity contribution is -0.113. The zero-order valence-electron chi connectivity index (χ0n) is 14.1. The number of nitrogens with two attached hydrogens (primary N) is 1. The van der Waals surface area contributed by atoms with Crippen molar-refractivity contribution < 1.29 is 13.2 Å². The van der Waals surface area contributed by atoms with Crippen molar-refractivity contribution in [3.05, 3.63) is 59.7 Å². The zero-order valence-corrected chi connectivity index (χ0v) is 15.7. The number of hydrogen-bond donors (Lipinski definition) is 2. The number of carbonyl (C=O) groups is 1. The first-order valence-electron chi connectivity index (χ1n) is 7.76. The summed E-state index contributed by atoms with van der Waals surface area (Å²) in [7, 11) is -3.44. The van der Waals surface area contributed by atoms with Gasteiger partial charge in [0.1, 0.15) is 5.75 Å². The average Bonchev–Trinajstić information content (AvgIpc) is 2.51. The van der Waals surface area contributed by atoms with E-state index in [-0.39, 0.29) is 18.2 Å². The Morgan fingerprint density at radius 1 is 1.12 bits per heavy atom. The average molecular weight is 383 g/mol. The molecule has 0 aliphatic carbocycles. The number of carbonyl (C=O) groups excluding carboxylic acids is 1. The quantitative estimate of drug-likeness (QED) is 0.720. The van der Waals surface area contributed by atoms with Crippen LogP contribution in [0.2, 0.25) is 0 Å². The highest BCUT2D eigenvalue weighted by Gasteiger charge is 2.17. The van der Waals surface area contributed by atoms with Crippen LogP contribution in [0.1, 0.15) is 17.5 Å². The van der Waals surface area contributed by atoms with Crippen LogP contribution >= 0.6 is 12.4 Å².